The molecule has 4 rings (SSSR count). The highest BCUT2D eigenvalue weighted by Crippen LogP contribution is 2.59. The summed E-state index contributed by atoms with van der Waals surface area (Å²) in [5.74, 6) is -1.13. The van der Waals surface area contributed by atoms with Gasteiger partial charge in [-0.1, -0.05) is 60.2 Å². The molecular weight excluding hydrogens is 364 g/mol. The number of hydrogen-bond acceptors (Lipinski definition) is 4. The lowest BCUT2D eigenvalue weighted by molar-refractivity contribution is -0.202. The Kier molecular flexibility index (Phi) is 4.66. The summed E-state index contributed by atoms with van der Waals surface area (Å²) in [5, 5.41) is 0. The van der Waals surface area contributed by atoms with Crippen molar-refractivity contribution in [1.82, 2.24) is 0 Å². The first kappa shape index (κ1) is 19.8. The van der Waals surface area contributed by atoms with Crippen LogP contribution in [-0.4, -0.2) is 23.0 Å². The van der Waals surface area contributed by atoms with Crippen molar-refractivity contribution in [2.75, 3.05) is 0 Å². The zero-order valence-electron chi connectivity index (χ0n) is 17.5. The van der Waals surface area contributed by atoms with Crippen molar-refractivity contribution in [3.05, 3.63) is 71.3 Å². The van der Waals surface area contributed by atoms with Crippen molar-refractivity contribution >= 4 is 11.8 Å². The molecule has 2 bridgehead atoms. The van der Waals surface area contributed by atoms with E-state index in [0.29, 0.717) is 19.3 Å². The minimum atomic E-state index is -1.60. The number of esters is 1. The highest BCUT2D eigenvalue weighted by molar-refractivity contribution is 6.09. The van der Waals surface area contributed by atoms with E-state index < -0.39 is 22.8 Å². The van der Waals surface area contributed by atoms with Crippen LogP contribution in [0, 0.1) is 6.92 Å². The van der Waals surface area contributed by atoms with Gasteiger partial charge in [0.1, 0.15) is 5.60 Å². The fourth-order valence-electron chi connectivity index (χ4n) is 4.67. The lowest BCUT2D eigenvalue weighted by Gasteiger charge is -2.40. The molecule has 2 fully saturated rings. The lowest BCUT2D eigenvalue weighted by atomic mass is 9.78. The number of ether oxygens (including phenoxy) is 2. The monoisotopic (exact) mass is 392 g/mol. The lowest BCUT2D eigenvalue weighted by Crippen LogP contribution is -2.56. The number of hydrogen-bond donors (Lipinski definition) is 0. The molecule has 2 aromatic carbocycles. The van der Waals surface area contributed by atoms with Crippen LogP contribution in [0.5, 0.6) is 0 Å². The standard InChI is InChI=1S/C25H28O4/c1-17-10-12-18(13-11-17)20-16-24(19-8-6-5-7-9-19)15-14-21(26)25(20,29-24)22(27)28-23(2,3)4/h5-13,20H,14-16H2,1-4H3/t20-,24+,25+/m0/s1. The quantitative estimate of drug-likeness (QED) is 0.554. The number of Topliss-reactive ketones (excluding diaryl/α,β-unsaturated/α-hetero) is 1. The number of rotatable bonds is 3. The Bertz CT molecular complexity index is 926. The maximum absolute atomic E-state index is 13.5. The molecule has 2 aliphatic heterocycles. The molecule has 0 radical (unpaired) electrons. The van der Waals surface area contributed by atoms with Gasteiger partial charge in [-0.05, 0) is 51.7 Å². The molecule has 0 N–H and O–H groups in total. The van der Waals surface area contributed by atoms with Crippen LogP contribution in [0.3, 0.4) is 0 Å². The molecule has 0 aliphatic carbocycles. The Morgan fingerprint density at radius 2 is 1.72 bits per heavy atom. The number of carbonyl (C=O) groups excluding carboxylic acids is 2. The van der Waals surface area contributed by atoms with Crippen LogP contribution in [-0.2, 0) is 24.7 Å². The number of ketones is 1. The Hall–Kier alpha value is -2.46. The molecule has 0 spiro atoms. The molecule has 4 heteroatoms. The fraction of sp³-hybridized carbons (Fsp3) is 0.440. The van der Waals surface area contributed by atoms with Crippen LogP contribution < -0.4 is 0 Å². The average molecular weight is 392 g/mol. The van der Waals surface area contributed by atoms with Crippen molar-refractivity contribution in [1.29, 1.82) is 0 Å². The van der Waals surface area contributed by atoms with Crippen molar-refractivity contribution < 1.29 is 19.1 Å². The normalized spacial score (nSPS) is 29.0. The van der Waals surface area contributed by atoms with E-state index in [0.717, 1.165) is 16.7 Å². The van der Waals surface area contributed by atoms with E-state index in [2.05, 4.69) is 0 Å². The molecule has 0 unspecified atom stereocenters. The molecule has 2 aliphatic rings. The van der Waals surface area contributed by atoms with E-state index in [1.54, 1.807) is 0 Å². The van der Waals surface area contributed by atoms with Crippen LogP contribution in [0.4, 0.5) is 0 Å². The van der Waals surface area contributed by atoms with Crippen LogP contribution in [0.1, 0.15) is 62.6 Å². The van der Waals surface area contributed by atoms with Crippen molar-refractivity contribution in [3.63, 3.8) is 0 Å². The number of benzene rings is 2. The summed E-state index contributed by atoms with van der Waals surface area (Å²) in [5.41, 5.74) is 0.108. The van der Waals surface area contributed by atoms with E-state index >= 15 is 0 Å². The van der Waals surface area contributed by atoms with Gasteiger partial charge in [-0.15, -0.1) is 0 Å². The highest BCUT2D eigenvalue weighted by Gasteiger charge is 2.68. The summed E-state index contributed by atoms with van der Waals surface area (Å²) in [7, 11) is 0. The molecule has 3 atom stereocenters. The van der Waals surface area contributed by atoms with Crippen LogP contribution in [0.2, 0.25) is 0 Å². The summed E-state index contributed by atoms with van der Waals surface area (Å²) >= 11 is 0. The van der Waals surface area contributed by atoms with Crippen molar-refractivity contribution in [2.45, 2.75) is 69.7 Å². The Morgan fingerprint density at radius 1 is 1.07 bits per heavy atom. The van der Waals surface area contributed by atoms with Gasteiger partial charge >= 0.3 is 5.97 Å². The molecule has 2 saturated heterocycles. The maximum Gasteiger partial charge on any atom is 0.347 e. The smallest absolute Gasteiger partial charge is 0.347 e. The molecule has 2 heterocycles. The molecule has 152 valence electrons. The van der Waals surface area contributed by atoms with Crippen molar-refractivity contribution in [2.24, 2.45) is 0 Å². The predicted octanol–water partition coefficient (Wildman–Crippen LogP) is 4.84. The summed E-state index contributed by atoms with van der Waals surface area (Å²) < 4.78 is 12.3. The van der Waals surface area contributed by atoms with Gasteiger partial charge in [0.15, 0.2) is 5.78 Å². The first-order valence-corrected chi connectivity index (χ1v) is 10.3. The summed E-state index contributed by atoms with van der Waals surface area (Å²) in [6, 6.07) is 18.0. The molecule has 0 saturated carbocycles. The highest BCUT2D eigenvalue weighted by atomic mass is 16.6. The summed E-state index contributed by atoms with van der Waals surface area (Å²) in [4.78, 5) is 26.8. The Morgan fingerprint density at radius 3 is 2.34 bits per heavy atom. The molecular formula is C25H28O4. The number of fused-ring (bicyclic) bond motifs is 2. The van der Waals surface area contributed by atoms with Gasteiger partial charge in [0.25, 0.3) is 0 Å². The van der Waals surface area contributed by atoms with Gasteiger partial charge in [-0.25, -0.2) is 4.79 Å². The van der Waals surface area contributed by atoms with Crippen molar-refractivity contribution in [3.8, 4) is 0 Å². The van der Waals surface area contributed by atoms with Crippen LogP contribution in [0.15, 0.2) is 54.6 Å². The summed E-state index contributed by atoms with van der Waals surface area (Å²) in [6.07, 6.45) is 1.45. The van der Waals surface area contributed by atoms with Gasteiger partial charge in [0, 0.05) is 12.3 Å². The van der Waals surface area contributed by atoms with Gasteiger partial charge < -0.3 is 9.47 Å². The predicted molar refractivity (Wildman–Crippen MR) is 111 cm³/mol. The third kappa shape index (κ3) is 3.29. The van der Waals surface area contributed by atoms with E-state index in [1.165, 1.54) is 0 Å². The van der Waals surface area contributed by atoms with E-state index in [1.807, 2.05) is 82.3 Å². The SMILES string of the molecule is Cc1ccc([C@@H]2C[C@@]3(c4ccccc4)CCC(=O)[C@]2(C(=O)OC(C)(C)C)O3)cc1. The number of carbonyl (C=O) groups is 2. The Labute approximate surface area is 172 Å². The fourth-order valence-corrected chi connectivity index (χ4v) is 4.67. The van der Waals surface area contributed by atoms with Gasteiger partial charge in [-0.2, -0.15) is 0 Å². The van der Waals surface area contributed by atoms with Gasteiger partial charge in [0.05, 0.1) is 5.60 Å². The first-order valence-electron chi connectivity index (χ1n) is 10.3. The average Bonchev–Trinajstić information content (AvgIpc) is 2.98. The first-order chi connectivity index (χ1) is 13.7. The van der Waals surface area contributed by atoms with Gasteiger partial charge in [-0.3, -0.25) is 4.79 Å². The summed E-state index contributed by atoms with van der Waals surface area (Å²) in [6.45, 7) is 7.47. The van der Waals surface area contributed by atoms with E-state index in [-0.39, 0.29) is 11.7 Å². The second-order valence-corrected chi connectivity index (χ2v) is 9.29. The minimum Gasteiger partial charge on any atom is -0.457 e. The molecule has 0 aromatic heterocycles. The minimum absolute atomic E-state index is 0.179. The van der Waals surface area contributed by atoms with E-state index in [4.69, 9.17) is 9.47 Å². The van der Waals surface area contributed by atoms with Crippen LogP contribution >= 0.6 is 0 Å². The molecule has 0 amide bonds. The van der Waals surface area contributed by atoms with Crippen LogP contribution in [0.25, 0.3) is 0 Å². The van der Waals surface area contributed by atoms with E-state index in [9.17, 15) is 9.59 Å². The third-order valence-electron chi connectivity index (χ3n) is 6.03. The zero-order chi connectivity index (χ0) is 20.9. The Balaban J connectivity index is 1.86. The van der Waals surface area contributed by atoms with Gasteiger partial charge in [0.2, 0.25) is 5.60 Å². The largest absolute Gasteiger partial charge is 0.457 e. The zero-order valence-corrected chi connectivity index (χ0v) is 17.5. The molecule has 29 heavy (non-hydrogen) atoms. The molecule has 2 aromatic rings. The molecule has 4 nitrogen and oxygen atoms in total. The third-order valence-corrected chi connectivity index (χ3v) is 6.03. The maximum atomic E-state index is 13.5. The topological polar surface area (TPSA) is 52.6 Å². The number of aryl methyl sites for hydroxylation is 1. The second kappa shape index (κ2) is 6.81. The second-order valence-electron chi connectivity index (χ2n) is 9.29.